The van der Waals surface area contributed by atoms with E-state index in [2.05, 4.69) is 37.6 Å². The summed E-state index contributed by atoms with van der Waals surface area (Å²) in [5, 5.41) is 12.4. The molecule has 1 unspecified atom stereocenters. The van der Waals surface area contributed by atoms with E-state index in [-0.39, 0.29) is 30.0 Å². The van der Waals surface area contributed by atoms with Gasteiger partial charge in [-0.15, -0.1) is 35.3 Å². The van der Waals surface area contributed by atoms with Gasteiger partial charge in [-0.1, -0.05) is 0 Å². The summed E-state index contributed by atoms with van der Waals surface area (Å²) in [5.41, 5.74) is 0. The van der Waals surface area contributed by atoms with Crippen molar-refractivity contribution in [3.05, 3.63) is 27.7 Å². The zero-order valence-electron chi connectivity index (χ0n) is 15.4. The van der Waals surface area contributed by atoms with Crippen molar-refractivity contribution in [3.63, 3.8) is 0 Å². The van der Waals surface area contributed by atoms with E-state index < -0.39 is 0 Å². The van der Waals surface area contributed by atoms with Gasteiger partial charge in [0.05, 0.1) is 18.1 Å². The van der Waals surface area contributed by atoms with E-state index >= 15 is 0 Å². The number of aryl methyl sites for hydroxylation is 2. The highest BCUT2D eigenvalue weighted by molar-refractivity contribution is 14.0. The van der Waals surface area contributed by atoms with Crippen LogP contribution in [0.15, 0.2) is 11.2 Å². The molecule has 10 heteroatoms. The summed E-state index contributed by atoms with van der Waals surface area (Å²) in [6, 6.07) is 0.283. The Morgan fingerprint density at radius 2 is 2.35 bits per heavy atom. The molecule has 0 bridgehead atoms. The number of guanidine groups is 1. The molecule has 0 amide bonds. The van der Waals surface area contributed by atoms with Crippen LogP contribution in [0.5, 0.6) is 0 Å². The Balaban J connectivity index is 0.00000243. The molecule has 26 heavy (non-hydrogen) atoms. The van der Waals surface area contributed by atoms with Gasteiger partial charge < -0.3 is 15.4 Å². The molecular weight excluding hydrogens is 465 g/mol. The smallest absolute Gasteiger partial charge is 0.191 e. The van der Waals surface area contributed by atoms with E-state index in [9.17, 15) is 0 Å². The van der Waals surface area contributed by atoms with Gasteiger partial charge in [0, 0.05) is 37.2 Å². The monoisotopic (exact) mass is 491 g/mol. The van der Waals surface area contributed by atoms with Crippen LogP contribution in [-0.4, -0.2) is 45.4 Å². The van der Waals surface area contributed by atoms with Crippen LogP contribution in [0.3, 0.4) is 0 Å². The van der Waals surface area contributed by atoms with Crippen molar-refractivity contribution in [1.29, 1.82) is 0 Å². The molecule has 0 fully saturated rings. The number of rotatable bonds is 6. The standard InChI is InChI=1S/C16H25N7OS.HI/c1-4-17-16(19-8-13-7-18-11(2)25-13)20-12-5-6-15-21-14(10-24-3)22-23(15)9-12;/h7,12H,4-6,8-10H2,1-3H3,(H2,17,19,20);1H. The third kappa shape index (κ3) is 5.61. The van der Waals surface area contributed by atoms with E-state index in [1.807, 2.05) is 17.8 Å². The molecular formula is C16H26IN7OS. The number of nitrogens with zero attached hydrogens (tertiary/aromatic N) is 5. The second kappa shape index (κ2) is 10.2. The number of aromatic nitrogens is 4. The maximum atomic E-state index is 5.12. The number of methoxy groups -OCH3 is 1. The lowest BCUT2D eigenvalue weighted by Gasteiger charge is -2.25. The second-order valence-electron chi connectivity index (χ2n) is 5.98. The molecule has 2 aromatic heterocycles. The lowest BCUT2D eigenvalue weighted by Crippen LogP contribution is -2.47. The summed E-state index contributed by atoms with van der Waals surface area (Å²) in [7, 11) is 1.66. The van der Waals surface area contributed by atoms with Crippen molar-refractivity contribution >= 4 is 41.3 Å². The maximum absolute atomic E-state index is 5.12. The average Bonchev–Trinajstić information content (AvgIpc) is 3.18. The molecule has 1 aliphatic heterocycles. The Morgan fingerprint density at radius 3 is 3.04 bits per heavy atom. The molecule has 1 aliphatic rings. The number of hydrogen-bond acceptors (Lipinski definition) is 6. The lowest BCUT2D eigenvalue weighted by atomic mass is 10.1. The molecule has 0 aliphatic carbocycles. The van der Waals surface area contributed by atoms with Crippen LogP contribution in [0.4, 0.5) is 0 Å². The number of fused-ring (bicyclic) bond motifs is 1. The largest absolute Gasteiger partial charge is 0.377 e. The molecule has 3 heterocycles. The summed E-state index contributed by atoms with van der Waals surface area (Å²) in [5.74, 6) is 2.62. The minimum atomic E-state index is 0. The van der Waals surface area contributed by atoms with Crippen molar-refractivity contribution in [2.75, 3.05) is 13.7 Å². The first-order valence-electron chi connectivity index (χ1n) is 8.55. The van der Waals surface area contributed by atoms with Gasteiger partial charge in [-0.2, -0.15) is 5.10 Å². The predicted molar refractivity (Wildman–Crippen MR) is 113 cm³/mol. The second-order valence-corrected chi connectivity index (χ2v) is 7.30. The van der Waals surface area contributed by atoms with Gasteiger partial charge in [0.1, 0.15) is 12.4 Å². The van der Waals surface area contributed by atoms with Crippen LogP contribution in [0.1, 0.15) is 34.9 Å². The minimum Gasteiger partial charge on any atom is -0.377 e. The Hall–Kier alpha value is -1.27. The van der Waals surface area contributed by atoms with Crippen molar-refractivity contribution in [1.82, 2.24) is 30.4 Å². The van der Waals surface area contributed by atoms with Crippen molar-refractivity contribution in [2.45, 2.75) is 52.4 Å². The van der Waals surface area contributed by atoms with Gasteiger partial charge in [0.2, 0.25) is 0 Å². The number of halogens is 1. The zero-order chi connectivity index (χ0) is 17.6. The molecule has 8 nitrogen and oxygen atoms in total. The molecule has 0 saturated carbocycles. The Kier molecular flexibility index (Phi) is 8.22. The first-order valence-corrected chi connectivity index (χ1v) is 9.37. The fourth-order valence-corrected chi connectivity index (χ4v) is 3.54. The number of hydrogen-bond donors (Lipinski definition) is 2. The average molecular weight is 491 g/mol. The lowest BCUT2D eigenvalue weighted by molar-refractivity contribution is 0.177. The molecule has 0 spiro atoms. The third-order valence-electron chi connectivity index (χ3n) is 3.92. The van der Waals surface area contributed by atoms with Gasteiger partial charge in [-0.05, 0) is 20.3 Å². The van der Waals surface area contributed by atoms with Gasteiger partial charge in [-0.3, -0.25) is 0 Å². The summed E-state index contributed by atoms with van der Waals surface area (Å²) >= 11 is 1.68. The number of thiazole rings is 1. The molecule has 2 aromatic rings. The minimum absolute atomic E-state index is 0. The van der Waals surface area contributed by atoms with Crippen LogP contribution in [-0.2, 0) is 30.9 Å². The van der Waals surface area contributed by atoms with Crippen LogP contribution in [0, 0.1) is 6.92 Å². The van der Waals surface area contributed by atoms with E-state index in [0.29, 0.717) is 13.2 Å². The van der Waals surface area contributed by atoms with E-state index in [4.69, 9.17) is 4.74 Å². The Labute approximate surface area is 174 Å². The van der Waals surface area contributed by atoms with E-state index in [0.717, 1.165) is 48.5 Å². The normalized spacial score (nSPS) is 16.7. The van der Waals surface area contributed by atoms with Crippen LogP contribution in [0.2, 0.25) is 0 Å². The molecule has 1 atom stereocenters. The first kappa shape index (κ1) is 21.0. The number of ether oxygens (including phenoxy) is 1. The van der Waals surface area contributed by atoms with Gasteiger partial charge in [0.15, 0.2) is 11.8 Å². The van der Waals surface area contributed by atoms with Gasteiger partial charge in [-0.25, -0.2) is 19.6 Å². The molecule has 0 aromatic carbocycles. The van der Waals surface area contributed by atoms with E-state index in [1.54, 1.807) is 18.4 Å². The highest BCUT2D eigenvalue weighted by Gasteiger charge is 2.22. The summed E-state index contributed by atoms with van der Waals surface area (Å²) in [6.07, 6.45) is 3.81. The first-order chi connectivity index (χ1) is 12.2. The van der Waals surface area contributed by atoms with Crippen molar-refractivity contribution in [2.24, 2.45) is 4.99 Å². The highest BCUT2D eigenvalue weighted by Crippen LogP contribution is 2.14. The molecule has 2 N–H and O–H groups in total. The Bertz CT molecular complexity index is 730. The number of nitrogens with one attached hydrogen (secondary N) is 2. The van der Waals surface area contributed by atoms with Gasteiger partial charge >= 0.3 is 0 Å². The van der Waals surface area contributed by atoms with Crippen LogP contribution in [0.25, 0.3) is 0 Å². The molecule has 144 valence electrons. The fourth-order valence-electron chi connectivity index (χ4n) is 2.82. The van der Waals surface area contributed by atoms with Crippen molar-refractivity contribution < 1.29 is 4.74 Å². The fraction of sp³-hybridized carbons (Fsp3) is 0.625. The summed E-state index contributed by atoms with van der Waals surface area (Å²) in [6.45, 7) is 6.79. The summed E-state index contributed by atoms with van der Waals surface area (Å²) in [4.78, 5) is 14.6. The highest BCUT2D eigenvalue weighted by atomic mass is 127. The quantitative estimate of drug-likeness (QED) is 0.365. The van der Waals surface area contributed by atoms with Crippen LogP contribution < -0.4 is 10.6 Å². The van der Waals surface area contributed by atoms with E-state index in [1.165, 1.54) is 4.88 Å². The predicted octanol–water partition coefficient (Wildman–Crippen LogP) is 1.88. The topological polar surface area (TPSA) is 89.2 Å². The molecule has 0 saturated heterocycles. The maximum Gasteiger partial charge on any atom is 0.191 e. The summed E-state index contributed by atoms with van der Waals surface area (Å²) < 4.78 is 7.10. The Morgan fingerprint density at radius 1 is 1.50 bits per heavy atom. The van der Waals surface area contributed by atoms with Crippen LogP contribution >= 0.6 is 35.3 Å². The zero-order valence-corrected chi connectivity index (χ0v) is 18.5. The van der Waals surface area contributed by atoms with Crippen molar-refractivity contribution in [3.8, 4) is 0 Å². The SMILES string of the molecule is CCNC(=NCc1cnc(C)s1)NC1CCc2nc(COC)nn2C1.I. The van der Waals surface area contributed by atoms with Gasteiger partial charge in [0.25, 0.3) is 0 Å². The number of aliphatic imine (C=N–C) groups is 1. The molecule has 3 rings (SSSR count). The molecule has 0 radical (unpaired) electrons. The third-order valence-corrected chi connectivity index (χ3v) is 4.82.